The molecule has 1 atom stereocenters. The first-order valence-electron chi connectivity index (χ1n) is 6.39. The van der Waals surface area contributed by atoms with Gasteiger partial charge in [-0.3, -0.25) is 0 Å². The molecule has 0 saturated carbocycles. The third-order valence-corrected chi connectivity index (χ3v) is 3.17. The third-order valence-electron chi connectivity index (χ3n) is 3.17. The number of aryl methyl sites for hydroxylation is 1. The van der Waals surface area contributed by atoms with Crippen molar-refractivity contribution in [3.05, 3.63) is 47.3 Å². The lowest BCUT2D eigenvalue weighted by molar-refractivity contribution is 0.493. The molecular formula is C14H19FN4. The predicted octanol–water partition coefficient (Wildman–Crippen LogP) is 2.55. The minimum absolute atomic E-state index is 0.206. The van der Waals surface area contributed by atoms with E-state index in [2.05, 4.69) is 10.1 Å². The molecule has 2 N–H and O–H groups in total. The quantitative estimate of drug-likeness (QED) is 0.921. The maximum absolute atomic E-state index is 13.1. The molecule has 0 fully saturated rings. The van der Waals surface area contributed by atoms with E-state index in [1.165, 1.54) is 12.1 Å². The Labute approximate surface area is 112 Å². The van der Waals surface area contributed by atoms with E-state index in [4.69, 9.17) is 5.73 Å². The molecular weight excluding hydrogens is 243 g/mol. The second-order valence-electron chi connectivity index (χ2n) is 5.03. The van der Waals surface area contributed by atoms with Crippen LogP contribution < -0.4 is 5.73 Å². The number of aromatic nitrogens is 3. The summed E-state index contributed by atoms with van der Waals surface area (Å²) >= 11 is 0. The summed E-state index contributed by atoms with van der Waals surface area (Å²) in [4.78, 5) is 4.25. The molecule has 2 aromatic rings. The highest BCUT2D eigenvalue weighted by Crippen LogP contribution is 2.20. The molecule has 102 valence electrons. The Kier molecular flexibility index (Phi) is 3.95. The molecule has 1 aromatic heterocycles. The number of benzene rings is 1. The van der Waals surface area contributed by atoms with Gasteiger partial charge in [-0.15, -0.1) is 0 Å². The van der Waals surface area contributed by atoms with Crippen LogP contribution in [0.3, 0.4) is 0 Å². The van der Waals surface area contributed by atoms with E-state index >= 15 is 0 Å². The van der Waals surface area contributed by atoms with E-state index in [1.807, 2.05) is 25.5 Å². The largest absolute Gasteiger partial charge is 0.324 e. The Morgan fingerprint density at radius 1 is 1.37 bits per heavy atom. The zero-order valence-corrected chi connectivity index (χ0v) is 11.5. The fourth-order valence-electron chi connectivity index (χ4n) is 2.21. The van der Waals surface area contributed by atoms with Crippen molar-refractivity contribution in [3.8, 4) is 0 Å². The van der Waals surface area contributed by atoms with E-state index in [9.17, 15) is 4.39 Å². The summed E-state index contributed by atoms with van der Waals surface area (Å²) in [5, 5.41) is 4.19. The monoisotopic (exact) mass is 262 g/mol. The molecule has 0 amide bonds. The number of rotatable bonds is 4. The zero-order chi connectivity index (χ0) is 14.0. The van der Waals surface area contributed by atoms with E-state index in [1.54, 1.807) is 12.4 Å². The van der Waals surface area contributed by atoms with Crippen molar-refractivity contribution in [1.82, 2.24) is 14.8 Å². The molecule has 0 aliphatic rings. The average molecular weight is 262 g/mol. The normalized spacial score (nSPS) is 12.9. The van der Waals surface area contributed by atoms with Crippen LogP contribution in [0.2, 0.25) is 0 Å². The van der Waals surface area contributed by atoms with Crippen molar-refractivity contribution in [3.63, 3.8) is 0 Å². The van der Waals surface area contributed by atoms with Crippen molar-refractivity contribution >= 4 is 0 Å². The van der Waals surface area contributed by atoms with Crippen LogP contribution in [-0.4, -0.2) is 14.8 Å². The minimum atomic E-state index is -0.237. The van der Waals surface area contributed by atoms with Crippen LogP contribution in [0.1, 0.15) is 42.9 Å². The second kappa shape index (κ2) is 5.48. The number of halogens is 1. The molecule has 0 radical (unpaired) electrons. The average Bonchev–Trinajstić information content (AvgIpc) is 2.76. The molecule has 0 aliphatic heterocycles. The molecule has 0 saturated heterocycles. The summed E-state index contributed by atoms with van der Waals surface area (Å²) in [5.74, 6) is 0.616. The molecule has 5 heteroatoms. The van der Waals surface area contributed by atoms with Gasteiger partial charge in [-0.2, -0.15) is 5.10 Å². The summed E-state index contributed by atoms with van der Waals surface area (Å²) in [6.07, 6.45) is 2.13. The van der Waals surface area contributed by atoms with Gasteiger partial charge < -0.3 is 5.73 Å². The molecule has 0 bridgehead atoms. The van der Waals surface area contributed by atoms with Gasteiger partial charge in [0.15, 0.2) is 0 Å². The first-order chi connectivity index (χ1) is 8.99. The van der Waals surface area contributed by atoms with E-state index < -0.39 is 0 Å². The standard InChI is InChI=1S/C14H19FN4/c1-9(2)19-14(17-8-18-19)7-13(16)12-5-4-11(15)6-10(12)3/h4-6,8-9,13H,7,16H2,1-3H3. The highest BCUT2D eigenvalue weighted by molar-refractivity contribution is 5.29. The summed E-state index contributed by atoms with van der Waals surface area (Å²) < 4.78 is 15.0. The third kappa shape index (κ3) is 2.98. The van der Waals surface area contributed by atoms with Gasteiger partial charge in [-0.1, -0.05) is 6.07 Å². The van der Waals surface area contributed by atoms with Crippen molar-refractivity contribution < 1.29 is 4.39 Å². The van der Waals surface area contributed by atoms with Gasteiger partial charge in [-0.05, 0) is 44.0 Å². The molecule has 0 aliphatic carbocycles. The maximum atomic E-state index is 13.1. The summed E-state index contributed by atoms with van der Waals surface area (Å²) in [6.45, 7) is 5.96. The topological polar surface area (TPSA) is 56.7 Å². The van der Waals surface area contributed by atoms with Gasteiger partial charge >= 0.3 is 0 Å². The SMILES string of the molecule is Cc1cc(F)ccc1C(N)Cc1ncnn1C(C)C. The maximum Gasteiger partial charge on any atom is 0.138 e. The Morgan fingerprint density at radius 2 is 2.11 bits per heavy atom. The van der Waals surface area contributed by atoms with Crippen molar-refractivity contribution in [1.29, 1.82) is 0 Å². The smallest absolute Gasteiger partial charge is 0.138 e. The lowest BCUT2D eigenvalue weighted by Crippen LogP contribution is -2.19. The van der Waals surface area contributed by atoms with Crippen LogP contribution in [0.5, 0.6) is 0 Å². The van der Waals surface area contributed by atoms with Gasteiger partial charge in [-0.25, -0.2) is 14.1 Å². The lowest BCUT2D eigenvalue weighted by atomic mass is 9.99. The summed E-state index contributed by atoms with van der Waals surface area (Å²) in [7, 11) is 0. The molecule has 0 spiro atoms. The highest BCUT2D eigenvalue weighted by Gasteiger charge is 2.15. The Bertz CT molecular complexity index is 562. The molecule has 4 nitrogen and oxygen atoms in total. The van der Waals surface area contributed by atoms with E-state index in [-0.39, 0.29) is 17.9 Å². The zero-order valence-electron chi connectivity index (χ0n) is 11.5. The number of nitrogens with zero attached hydrogens (tertiary/aromatic N) is 3. The Balaban J connectivity index is 2.21. The minimum Gasteiger partial charge on any atom is -0.324 e. The molecule has 1 unspecified atom stereocenters. The van der Waals surface area contributed by atoms with Crippen LogP contribution in [0, 0.1) is 12.7 Å². The van der Waals surface area contributed by atoms with Crippen LogP contribution in [0.25, 0.3) is 0 Å². The van der Waals surface area contributed by atoms with Crippen molar-refractivity contribution in [2.45, 2.75) is 39.3 Å². The van der Waals surface area contributed by atoms with Crippen LogP contribution in [0.15, 0.2) is 24.5 Å². The van der Waals surface area contributed by atoms with Gasteiger partial charge in [0.25, 0.3) is 0 Å². The van der Waals surface area contributed by atoms with Crippen molar-refractivity contribution in [2.75, 3.05) is 0 Å². The van der Waals surface area contributed by atoms with Crippen LogP contribution >= 0.6 is 0 Å². The summed E-state index contributed by atoms with van der Waals surface area (Å²) in [6, 6.07) is 4.73. The first-order valence-corrected chi connectivity index (χ1v) is 6.39. The fourth-order valence-corrected chi connectivity index (χ4v) is 2.21. The molecule has 19 heavy (non-hydrogen) atoms. The van der Waals surface area contributed by atoms with E-state index in [0.29, 0.717) is 6.42 Å². The molecule has 1 aromatic carbocycles. The van der Waals surface area contributed by atoms with Crippen molar-refractivity contribution in [2.24, 2.45) is 5.73 Å². The number of nitrogens with two attached hydrogens (primary N) is 1. The molecule has 1 heterocycles. The van der Waals surface area contributed by atoms with Crippen LogP contribution in [0.4, 0.5) is 4.39 Å². The molecule has 2 rings (SSSR count). The summed E-state index contributed by atoms with van der Waals surface area (Å²) in [5.41, 5.74) is 8.01. The van der Waals surface area contributed by atoms with Gasteiger partial charge in [0.05, 0.1) is 0 Å². The van der Waals surface area contributed by atoms with Gasteiger partial charge in [0.2, 0.25) is 0 Å². The van der Waals surface area contributed by atoms with Crippen LogP contribution in [-0.2, 0) is 6.42 Å². The fraction of sp³-hybridized carbons (Fsp3) is 0.429. The number of hydrogen-bond donors (Lipinski definition) is 1. The number of hydrogen-bond acceptors (Lipinski definition) is 3. The van der Waals surface area contributed by atoms with Gasteiger partial charge in [0, 0.05) is 18.5 Å². The lowest BCUT2D eigenvalue weighted by Gasteiger charge is -2.16. The highest BCUT2D eigenvalue weighted by atomic mass is 19.1. The second-order valence-corrected chi connectivity index (χ2v) is 5.03. The van der Waals surface area contributed by atoms with Gasteiger partial charge in [0.1, 0.15) is 18.0 Å². The predicted molar refractivity (Wildman–Crippen MR) is 72.2 cm³/mol. The van der Waals surface area contributed by atoms with E-state index in [0.717, 1.165) is 17.0 Å². The first kappa shape index (κ1) is 13.7. The Hall–Kier alpha value is -1.75. The Morgan fingerprint density at radius 3 is 2.74 bits per heavy atom.